The number of hydrogen-bond acceptors (Lipinski definition) is 2. The monoisotopic (exact) mass is 153 g/mol. The first kappa shape index (κ1) is 8.58. The molecule has 1 heterocycles. The lowest BCUT2D eigenvalue weighted by molar-refractivity contribution is 0.128. The molecule has 0 aliphatic carbocycles. The van der Waals surface area contributed by atoms with Gasteiger partial charge < -0.3 is 9.64 Å². The third kappa shape index (κ3) is 2.92. The Morgan fingerprint density at radius 3 is 3.00 bits per heavy atom. The minimum absolute atomic E-state index is 0.151. The molecular formula is C9H15NO. The van der Waals surface area contributed by atoms with Gasteiger partial charge in [0.25, 0.3) is 0 Å². The Morgan fingerprint density at radius 1 is 1.45 bits per heavy atom. The molecule has 1 aliphatic heterocycles. The van der Waals surface area contributed by atoms with E-state index in [-0.39, 0.29) is 6.10 Å². The van der Waals surface area contributed by atoms with Gasteiger partial charge in [0, 0.05) is 26.6 Å². The second-order valence-electron chi connectivity index (χ2n) is 2.89. The van der Waals surface area contributed by atoms with E-state index in [0.717, 1.165) is 25.9 Å². The predicted molar refractivity (Wildman–Crippen MR) is 45.3 cm³/mol. The van der Waals surface area contributed by atoms with E-state index in [1.165, 1.54) is 0 Å². The smallest absolute Gasteiger partial charge is 0.119 e. The van der Waals surface area contributed by atoms with Crippen LogP contribution in [-0.2, 0) is 4.74 Å². The molecule has 0 fully saturated rings. The summed E-state index contributed by atoms with van der Waals surface area (Å²) < 4.78 is 5.17. The lowest BCUT2D eigenvalue weighted by Gasteiger charge is -2.18. The van der Waals surface area contributed by atoms with Crippen molar-refractivity contribution < 1.29 is 4.74 Å². The van der Waals surface area contributed by atoms with Crippen molar-refractivity contribution in [3.05, 3.63) is 0 Å². The van der Waals surface area contributed by atoms with Gasteiger partial charge >= 0.3 is 0 Å². The average molecular weight is 153 g/mol. The zero-order valence-corrected chi connectivity index (χ0v) is 7.26. The number of rotatable bonds is 1. The van der Waals surface area contributed by atoms with Gasteiger partial charge in [-0.1, -0.05) is 11.8 Å². The molecule has 0 radical (unpaired) electrons. The molecule has 0 saturated heterocycles. The van der Waals surface area contributed by atoms with Gasteiger partial charge in [0.2, 0.25) is 0 Å². The largest absolute Gasteiger partial charge is 0.369 e. The lowest BCUT2D eigenvalue weighted by atomic mass is 10.2. The fourth-order valence-electron chi connectivity index (χ4n) is 1.13. The first-order valence-electron chi connectivity index (χ1n) is 4.02. The Kier molecular flexibility index (Phi) is 3.41. The van der Waals surface area contributed by atoms with Crippen molar-refractivity contribution >= 4 is 0 Å². The molecule has 0 saturated carbocycles. The van der Waals surface area contributed by atoms with Crippen LogP contribution in [0.15, 0.2) is 0 Å². The highest BCUT2D eigenvalue weighted by Crippen LogP contribution is 2.01. The standard InChI is InChI=1S/C9H15NO/c1-10-7-4-3-5-9(11-2)6-8-10/h9H,4,6-8H2,1-2H3/t9-/m0/s1. The molecule has 1 aliphatic rings. The molecule has 1 rings (SSSR count). The minimum Gasteiger partial charge on any atom is -0.369 e. The van der Waals surface area contributed by atoms with Crippen LogP contribution >= 0.6 is 0 Å². The summed E-state index contributed by atoms with van der Waals surface area (Å²) in [7, 11) is 3.85. The van der Waals surface area contributed by atoms with Crippen LogP contribution in [0.1, 0.15) is 12.8 Å². The van der Waals surface area contributed by atoms with Gasteiger partial charge in [0.15, 0.2) is 0 Å². The third-order valence-corrected chi connectivity index (χ3v) is 1.94. The molecule has 11 heavy (non-hydrogen) atoms. The summed E-state index contributed by atoms with van der Waals surface area (Å²) in [5.41, 5.74) is 0. The maximum Gasteiger partial charge on any atom is 0.119 e. The second-order valence-corrected chi connectivity index (χ2v) is 2.89. The van der Waals surface area contributed by atoms with Gasteiger partial charge in [0.1, 0.15) is 6.10 Å². The van der Waals surface area contributed by atoms with Crippen LogP contribution in [-0.4, -0.2) is 38.3 Å². The zero-order chi connectivity index (χ0) is 8.10. The molecule has 0 aromatic heterocycles. The molecule has 0 N–H and O–H groups in total. The van der Waals surface area contributed by atoms with Crippen molar-refractivity contribution in [3.8, 4) is 11.8 Å². The topological polar surface area (TPSA) is 12.5 Å². The van der Waals surface area contributed by atoms with Crippen molar-refractivity contribution in [3.63, 3.8) is 0 Å². The Labute approximate surface area is 68.5 Å². The fraction of sp³-hybridized carbons (Fsp3) is 0.778. The van der Waals surface area contributed by atoms with E-state index in [9.17, 15) is 0 Å². The normalized spacial score (nSPS) is 26.5. The number of methoxy groups -OCH3 is 1. The molecular weight excluding hydrogens is 138 g/mol. The minimum atomic E-state index is 0.151. The summed E-state index contributed by atoms with van der Waals surface area (Å²) in [6.45, 7) is 2.18. The summed E-state index contributed by atoms with van der Waals surface area (Å²) in [5.74, 6) is 6.19. The van der Waals surface area contributed by atoms with Crippen molar-refractivity contribution in [1.29, 1.82) is 0 Å². The SMILES string of the molecule is CO[C@H]1C#CCCN(C)CC1. The van der Waals surface area contributed by atoms with Crippen LogP contribution in [0.2, 0.25) is 0 Å². The molecule has 0 amide bonds. The predicted octanol–water partition coefficient (Wildman–Crippen LogP) is 0.730. The van der Waals surface area contributed by atoms with Crippen molar-refractivity contribution in [2.24, 2.45) is 0 Å². The lowest BCUT2D eigenvalue weighted by Crippen LogP contribution is -2.26. The highest BCUT2D eigenvalue weighted by Gasteiger charge is 2.06. The summed E-state index contributed by atoms with van der Waals surface area (Å²) in [6, 6.07) is 0. The third-order valence-electron chi connectivity index (χ3n) is 1.94. The quantitative estimate of drug-likeness (QED) is 0.515. The number of ether oxygens (including phenoxy) is 1. The molecule has 2 nitrogen and oxygen atoms in total. The Balaban J connectivity index is 2.44. The molecule has 1 atom stereocenters. The van der Waals surface area contributed by atoms with E-state index in [1.54, 1.807) is 7.11 Å². The maximum absolute atomic E-state index is 5.17. The second kappa shape index (κ2) is 4.38. The van der Waals surface area contributed by atoms with Crippen molar-refractivity contribution in [1.82, 2.24) is 4.90 Å². The molecule has 0 unspecified atom stereocenters. The van der Waals surface area contributed by atoms with Crippen LogP contribution in [0.5, 0.6) is 0 Å². The average Bonchev–Trinajstić information content (AvgIpc) is 1.98. The van der Waals surface area contributed by atoms with Crippen LogP contribution in [0.3, 0.4) is 0 Å². The van der Waals surface area contributed by atoms with E-state index >= 15 is 0 Å². The van der Waals surface area contributed by atoms with Gasteiger partial charge in [-0.3, -0.25) is 0 Å². The van der Waals surface area contributed by atoms with Gasteiger partial charge in [-0.05, 0) is 13.5 Å². The van der Waals surface area contributed by atoms with Crippen molar-refractivity contribution in [2.75, 3.05) is 27.2 Å². The Bertz CT molecular complexity index is 168. The molecule has 0 bridgehead atoms. The highest BCUT2D eigenvalue weighted by atomic mass is 16.5. The molecule has 2 heteroatoms. The first-order valence-corrected chi connectivity index (χ1v) is 4.02. The number of hydrogen-bond donors (Lipinski definition) is 0. The number of nitrogens with zero attached hydrogens (tertiary/aromatic N) is 1. The molecule has 0 aromatic carbocycles. The molecule has 0 aromatic rings. The van der Waals surface area contributed by atoms with Gasteiger partial charge in [-0.15, -0.1) is 0 Å². The first-order chi connectivity index (χ1) is 5.33. The van der Waals surface area contributed by atoms with Crippen LogP contribution in [0.25, 0.3) is 0 Å². The van der Waals surface area contributed by atoms with E-state index in [1.807, 2.05) is 0 Å². The highest BCUT2D eigenvalue weighted by molar-refractivity contribution is 5.06. The summed E-state index contributed by atoms with van der Waals surface area (Å²) in [6.07, 6.45) is 2.15. The van der Waals surface area contributed by atoms with E-state index < -0.39 is 0 Å². The van der Waals surface area contributed by atoms with Crippen LogP contribution in [0.4, 0.5) is 0 Å². The van der Waals surface area contributed by atoms with Gasteiger partial charge in [0.05, 0.1) is 0 Å². The molecule has 62 valence electrons. The summed E-state index contributed by atoms with van der Waals surface area (Å²) in [5, 5.41) is 0. The maximum atomic E-state index is 5.17. The summed E-state index contributed by atoms with van der Waals surface area (Å²) >= 11 is 0. The zero-order valence-electron chi connectivity index (χ0n) is 7.26. The van der Waals surface area contributed by atoms with Gasteiger partial charge in [-0.2, -0.15) is 0 Å². The van der Waals surface area contributed by atoms with E-state index in [0.29, 0.717) is 0 Å². The Hall–Kier alpha value is -0.520. The summed E-state index contributed by atoms with van der Waals surface area (Å²) in [4.78, 5) is 2.29. The van der Waals surface area contributed by atoms with Crippen LogP contribution < -0.4 is 0 Å². The van der Waals surface area contributed by atoms with Crippen molar-refractivity contribution in [2.45, 2.75) is 18.9 Å². The molecule has 0 spiro atoms. The van der Waals surface area contributed by atoms with E-state index in [2.05, 4.69) is 23.8 Å². The van der Waals surface area contributed by atoms with Gasteiger partial charge in [-0.25, -0.2) is 0 Å². The van der Waals surface area contributed by atoms with Crippen LogP contribution in [0, 0.1) is 11.8 Å². The Morgan fingerprint density at radius 2 is 2.27 bits per heavy atom. The van der Waals surface area contributed by atoms with E-state index in [4.69, 9.17) is 4.74 Å². The fourth-order valence-corrected chi connectivity index (χ4v) is 1.13.